The molecule has 1 aromatic carbocycles. The maximum Gasteiger partial charge on any atom is 0.226 e. The molecule has 0 bridgehead atoms. The van der Waals surface area contributed by atoms with E-state index in [0.717, 1.165) is 69.1 Å². The van der Waals surface area contributed by atoms with E-state index in [2.05, 4.69) is 26.1 Å². The van der Waals surface area contributed by atoms with Crippen LogP contribution in [0.15, 0.2) is 35.4 Å². The second-order valence-electron chi connectivity index (χ2n) is 8.21. The number of amides is 1. The van der Waals surface area contributed by atoms with Gasteiger partial charge in [-0.3, -0.25) is 9.78 Å². The normalized spacial score (nSPS) is 13.7. The monoisotopic (exact) mass is 532 g/mol. The molecule has 6 nitrogen and oxygen atoms in total. The van der Waals surface area contributed by atoms with Gasteiger partial charge in [-0.15, -0.1) is 0 Å². The molecule has 2 aromatic heterocycles. The number of nitrogens with zero attached hydrogens (tertiary/aromatic N) is 2. The molecule has 1 fully saturated rings. The van der Waals surface area contributed by atoms with Crippen LogP contribution in [-0.4, -0.2) is 29.1 Å². The minimum Gasteiger partial charge on any atom is -0.381 e. The number of ether oxygens (including phenoxy) is 1. The average molecular weight is 533 g/mol. The Labute approximate surface area is 221 Å². The Bertz CT molecular complexity index is 1150. The van der Waals surface area contributed by atoms with Crippen LogP contribution in [0.2, 0.25) is 5.02 Å². The predicted molar refractivity (Wildman–Crippen MR) is 149 cm³/mol. The smallest absolute Gasteiger partial charge is 0.226 e. The van der Waals surface area contributed by atoms with Crippen molar-refractivity contribution in [1.29, 1.82) is 0 Å². The number of thiazole rings is 1. The van der Waals surface area contributed by atoms with Gasteiger partial charge in [0, 0.05) is 42.1 Å². The molecule has 0 radical (unpaired) electrons. The molecule has 35 heavy (non-hydrogen) atoms. The van der Waals surface area contributed by atoms with Crippen molar-refractivity contribution in [3.63, 3.8) is 0 Å². The van der Waals surface area contributed by atoms with Crippen molar-refractivity contribution in [2.75, 3.05) is 23.3 Å². The van der Waals surface area contributed by atoms with Gasteiger partial charge in [0.1, 0.15) is 0 Å². The van der Waals surface area contributed by atoms with Gasteiger partial charge >= 0.3 is 0 Å². The summed E-state index contributed by atoms with van der Waals surface area (Å²) in [6.45, 7) is 11.5. The summed E-state index contributed by atoms with van der Waals surface area (Å²) in [5.41, 5.74) is 4.89. The van der Waals surface area contributed by atoms with E-state index in [1.54, 1.807) is 0 Å². The Morgan fingerprint density at radius 1 is 1.17 bits per heavy atom. The summed E-state index contributed by atoms with van der Waals surface area (Å²) in [5.74, 6) is 0.403. The second-order valence-corrected chi connectivity index (χ2v) is 10.5. The molecule has 1 saturated heterocycles. The Balaban J connectivity index is 0.00000167. The predicted octanol–water partition coefficient (Wildman–Crippen LogP) is 7.68. The quantitative estimate of drug-likeness (QED) is 0.304. The Hall–Kier alpha value is -2.13. The fourth-order valence-electron chi connectivity index (χ4n) is 3.69. The summed E-state index contributed by atoms with van der Waals surface area (Å²) >= 11 is 9.07. The molecule has 0 unspecified atom stereocenters. The molecule has 0 spiro atoms. The fraction of sp³-hybridized carbons (Fsp3) is 0.423. The van der Waals surface area contributed by atoms with Crippen molar-refractivity contribution in [3.05, 3.63) is 52.4 Å². The van der Waals surface area contributed by atoms with Gasteiger partial charge in [-0.25, -0.2) is 4.98 Å². The van der Waals surface area contributed by atoms with Crippen molar-refractivity contribution in [3.8, 4) is 10.4 Å². The lowest BCUT2D eigenvalue weighted by Crippen LogP contribution is -2.22. The molecular formula is C26H33ClN4O2S2. The highest BCUT2D eigenvalue weighted by Gasteiger charge is 2.19. The molecule has 3 heterocycles. The molecule has 3 aromatic rings. The molecule has 1 aliphatic heterocycles. The standard InChI is InChI=1S/C24H27ClN4O2S2.C2H6/c1-14-10-19(25)4-5-20(14)29-33-21-12-18(13-26-15(21)2)23-16(3)27-24(32-23)28-22(30)11-17-6-8-31-9-7-17;1-2/h4-5,10,12-13,17,29H,6-9,11H2,1-3H3,(H,27,28,30);1-2H3. The zero-order chi connectivity index (χ0) is 25.4. The van der Waals surface area contributed by atoms with Crippen LogP contribution in [0.3, 0.4) is 0 Å². The number of carbonyl (C=O) groups is 1. The highest BCUT2D eigenvalue weighted by molar-refractivity contribution is 8.00. The summed E-state index contributed by atoms with van der Waals surface area (Å²) < 4.78 is 8.78. The van der Waals surface area contributed by atoms with Gasteiger partial charge in [0.05, 0.1) is 21.2 Å². The van der Waals surface area contributed by atoms with Gasteiger partial charge in [0.15, 0.2) is 5.13 Å². The Morgan fingerprint density at radius 3 is 2.63 bits per heavy atom. The molecule has 1 amide bonds. The lowest BCUT2D eigenvalue weighted by atomic mass is 9.96. The first kappa shape index (κ1) is 27.5. The van der Waals surface area contributed by atoms with Gasteiger partial charge < -0.3 is 14.8 Å². The first-order chi connectivity index (χ1) is 16.9. The van der Waals surface area contributed by atoms with Crippen LogP contribution < -0.4 is 10.0 Å². The van der Waals surface area contributed by atoms with E-state index in [1.807, 2.05) is 59.0 Å². The number of benzene rings is 1. The van der Waals surface area contributed by atoms with E-state index < -0.39 is 0 Å². The highest BCUT2D eigenvalue weighted by atomic mass is 35.5. The number of hydrogen-bond donors (Lipinski definition) is 2. The molecule has 0 aliphatic carbocycles. The van der Waals surface area contributed by atoms with Crippen LogP contribution in [0, 0.1) is 26.7 Å². The summed E-state index contributed by atoms with van der Waals surface area (Å²) in [5, 5.41) is 4.33. The van der Waals surface area contributed by atoms with E-state index in [-0.39, 0.29) is 5.91 Å². The van der Waals surface area contributed by atoms with Crippen molar-refractivity contribution >= 4 is 51.6 Å². The van der Waals surface area contributed by atoms with Gasteiger partial charge in [-0.2, -0.15) is 0 Å². The Morgan fingerprint density at radius 2 is 1.91 bits per heavy atom. The average Bonchev–Trinajstić information content (AvgIpc) is 3.21. The zero-order valence-corrected chi connectivity index (χ0v) is 23.3. The van der Waals surface area contributed by atoms with Gasteiger partial charge in [0.25, 0.3) is 0 Å². The van der Waals surface area contributed by atoms with Crippen LogP contribution in [0.25, 0.3) is 10.4 Å². The van der Waals surface area contributed by atoms with Crippen molar-refractivity contribution in [1.82, 2.24) is 9.97 Å². The number of aryl methyl sites for hydroxylation is 3. The van der Waals surface area contributed by atoms with Crippen molar-refractivity contribution < 1.29 is 9.53 Å². The molecule has 0 atom stereocenters. The molecular weight excluding hydrogens is 500 g/mol. The number of nitrogens with one attached hydrogen (secondary N) is 2. The first-order valence-electron chi connectivity index (χ1n) is 11.9. The minimum atomic E-state index is 0.0167. The second kappa shape index (κ2) is 13.3. The molecule has 2 N–H and O–H groups in total. The van der Waals surface area contributed by atoms with Crippen LogP contribution in [-0.2, 0) is 9.53 Å². The largest absolute Gasteiger partial charge is 0.381 e. The summed E-state index contributed by atoms with van der Waals surface area (Å²) in [6, 6.07) is 7.89. The summed E-state index contributed by atoms with van der Waals surface area (Å²) in [6.07, 6.45) is 4.25. The van der Waals surface area contributed by atoms with E-state index in [0.29, 0.717) is 17.5 Å². The molecule has 1 aliphatic rings. The highest BCUT2D eigenvalue weighted by Crippen LogP contribution is 2.36. The van der Waals surface area contributed by atoms with E-state index in [4.69, 9.17) is 16.3 Å². The van der Waals surface area contributed by atoms with Crippen molar-refractivity contribution in [2.45, 2.75) is 58.8 Å². The lowest BCUT2D eigenvalue weighted by Gasteiger charge is -2.20. The number of hydrogen-bond acceptors (Lipinski definition) is 7. The topological polar surface area (TPSA) is 76.1 Å². The SMILES string of the molecule is CC.Cc1cc(Cl)ccc1NSc1cc(-c2sc(NC(=O)CC3CCOCC3)nc2C)cnc1C. The third kappa shape index (κ3) is 7.67. The number of anilines is 2. The molecule has 188 valence electrons. The molecule has 4 rings (SSSR count). The molecule has 0 saturated carbocycles. The van der Waals surface area contributed by atoms with Crippen LogP contribution in [0.1, 0.15) is 50.1 Å². The van der Waals surface area contributed by atoms with Crippen LogP contribution >= 0.6 is 34.9 Å². The van der Waals surface area contributed by atoms with Crippen LogP contribution in [0.4, 0.5) is 10.8 Å². The maximum absolute atomic E-state index is 12.5. The van der Waals surface area contributed by atoms with E-state index in [9.17, 15) is 4.79 Å². The summed E-state index contributed by atoms with van der Waals surface area (Å²) in [4.78, 5) is 23.7. The number of rotatable bonds is 7. The number of pyridine rings is 1. The van der Waals surface area contributed by atoms with Gasteiger partial charge in [-0.05, 0) is 81.3 Å². The first-order valence-corrected chi connectivity index (χ1v) is 13.9. The number of halogens is 1. The lowest BCUT2D eigenvalue weighted by molar-refractivity contribution is -0.117. The van der Waals surface area contributed by atoms with E-state index in [1.165, 1.54) is 23.3 Å². The maximum atomic E-state index is 12.5. The minimum absolute atomic E-state index is 0.0167. The van der Waals surface area contributed by atoms with Crippen LogP contribution in [0.5, 0.6) is 0 Å². The third-order valence-corrected chi connectivity index (χ3v) is 7.93. The van der Waals surface area contributed by atoms with Crippen molar-refractivity contribution in [2.24, 2.45) is 5.92 Å². The zero-order valence-electron chi connectivity index (χ0n) is 20.9. The Kier molecular flexibility index (Phi) is 10.4. The number of aromatic nitrogens is 2. The number of carbonyl (C=O) groups excluding carboxylic acids is 1. The molecule has 9 heteroatoms. The summed E-state index contributed by atoms with van der Waals surface area (Å²) in [7, 11) is 0. The third-order valence-electron chi connectivity index (χ3n) is 5.62. The van der Waals surface area contributed by atoms with Gasteiger partial charge in [0.2, 0.25) is 5.91 Å². The fourth-order valence-corrected chi connectivity index (χ4v) is 5.72. The van der Waals surface area contributed by atoms with E-state index >= 15 is 0 Å². The van der Waals surface area contributed by atoms with Gasteiger partial charge in [-0.1, -0.05) is 36.8 Å².